The summed E-state index contributed by atoms with van der Waals surface area (Å²) in [5.41, 5.74) is 5.01. The Balaban J connectivity index is 1.48. The number of likely N-dealkylation sites (N-methyl/N-ethyl adjacent to an activating group) is 1. The Hall–Kier alpha value is -3.03. The molecule has 0 bridgehead atoms. The van der Waals surface area contributed by atoms with E-state index in [1.54, 1.807) is 13.3 Å². The highest BCUT2D eigenvalue weighted by molar-refractivity contribution is 6.32. The van der Waals surface area contributed by atoms with Crippen molar-refractivity contribution >= 4 is 40.4 Å². The number of hydrogen-bond acceptors (Lipinski definition) is 7. The third-order valence-corrected chi connectivity index (χ3v) is 6.01. The second-order valence-electron chi connectivity index (χ2n) is 8.11. The third kappa shape index (κ3) is 5.06. The molecule has 8 heteroatoms. The van der Waals surface area contributed by atoms with E-state index in [1.807, 2.05) is 26.0 Å². The van der Waals surface area contributed by atoms with Crippen LogP contribution in [0, 0.1) is 13.8 Å². The number of methoxy groups -OCH3 is 1. The molecule has 1 saturated heterocycles. The van der Waals surface area contributed by atoms with Crippen molar-refractivity contribution < 1.29 is 4.74 Å². The molecular formula is C24H29ClN6O. The van der Waals surface area contributed by atoms with Crippen LogP contribution >= 0.6 is 11.6 Å². The molecule has 0 unspecified atom stereocenters. The predicted octanol–water partition coefficient (Wildman–Crippen LogP) is 4.99. The molecule has 1 aliphatic rings. The first-order valence-electron chi connectivity index (χ1n) is 10.7. The second-order valence-corrected chi connectivity index (χ2v) is 8.52. The van der Waals surface area contributed by atoms with Crippen molar-refractivity contribution in [2.75, 3.05) is 55.9 Å². The highest BCUT2D eigenvalue weighted by Crippen LogP contribution is 2.32. The molecule has 7 nitrogen and oxygen atoms in total. The Kier molecular flexibility index (Phi) is 6.67. The average molecular weight is 453 g/mol. The van der Waals surface area contributed by atoms with Gasteiger partial charge in [0, 0.05) is 61.1 Å². The van der Waals surface area contributed by atoms with Crippen molar-refractivity contribution in [3.63, 3.8) is 0 Å². The second kappa shape index (κ2) is 9.63. The lowest BCUT2D eigenvalue weighted by atomic mass is 10.2. The van der Waals surface area contributed by atoms with Crippen LogP contribution in [0.4, 0.5) is 28.8 Å². The molecule has 2 heterocycles. The highest BCUT2D eigenvalue weighted by atomic mass is 35.5. The molecule has 0 saturated carbocycles. The fourth-order valence-corrected chi connectivity index (χ4v) is 3.95. The maximum atomic E-state index is 6.22. The number of hydrogen-bond donors (Lipinski definition) is 2. The molecule has 0 atom stereocenters. The first kappa shape index (κ1) is 22.2. The van der Waals surface area contributed by atoms with Crippen LogP contribution in [0.1, 0.15) is 11.1 Å². The lowest BCUT2D eigenvalue weighted by Crippen LogP contribution is -2.44. The number of aromatic nitrogens is 2. The number of halogens is 1. The van der Waals surface area contributed by atoms with E-state index in [0.29, 0.717) is 16.7 Å². The smallest absolute Gasteiger partial charge is 0.229 e. The first-order chi connectivity index (χ1) is 15.4. The fourth-order valence-electron chi connectivity index (χ4n) is 3.65. The Morgan fingerprint density at radius 2 is 1.69 bits per heavy atom. The van der Waals surface area contributed by atoms with Gasteiger partial charge in [0.15, 0.2) is 0 Å². The van der Waals surface area contributed by atoms with Crippen LogP contribution in [0.25, 0.3) is 0 Å². The van der Waals surface area contributed by atoms with Crippen LogP contribution in [-0.4, -0.2) is 55.2 Å². The van der Waals surface area contributed by atoms with Crippen molar-refractivity contribution in [3.05, 3.63) is 58.7 Å². The minimum Gasteiger partial charge on any atom is -0.495 e. The molecule has 4 rings (SSSR count). The van der Waals surface area contributed by atoms with Crippen LogP contribution in [0.2, 0.25) is 5.02 Å². The summed E-state index contributed by atoms with van der Waals surface area (Å²) < 4.78 is 5.35. The fraction of sp³-hybridized carbons (Fsp3) is 0.333. The Bertz CT molecular complexity index is 1080. The molecule has 2 aromatic carbocycles. The number of rotatable bonds is 6. The normalized spacial score (nSPS) is 14.3. The van der Waals surface area contributed by atoms with Gasteiger partial charge < -0.3 is 25.2 Å². The van der Waals surface area contributed by atoms with Crippen molar-refractivity contribution in [2.24, 2.45) is 0 Å². The van der Waals surface area contributed by atoms with Crippen molar-refractivity contribution in [1.29, 1.82) is 0 Å². The number of nitrogens with one attached hydrogen (secondary N) is 2. The zero-order valence-corrected chi connectivity index (χ0v) is 19.7. The summed E-state index contributed by atoms with van der Waals surface area (Å²) in [5, 5.41) is 7.27. The zero-order chi connectivity index (χ0) is 22.7. The van der Waals surface area contributed by atoms with E-state index in [-0.39, 0.29) is 0 Å². The van der Waals surface area contributed by atoms with Gasteiger partial charge in [-0.25, -0.2) is 4.98 Å². The van der Waals surface area contributed by atoms with Crippen LogP contribution < -0.4 is 20.3 Å². The Morgan fingerprint density at radius 3 is 2.38 bits per heavy atom. The minimum atomic E-state index is 0.532. The molecule has 0 amide bonds. The molecule has 32 heavy (non-hydrogen) atoms. The van der Waals surface area contributed by atoms with E-state index in [1.165, 1.54) is 5.69 Å². The lowest BCUT2D eigenvalue weighted by molar-refractivity contribution is 0.313. The molecule has 0 spiro atoms. The van der Waals surface area contributed by atoms with E-state index in [4.69, 9.17) is 16.3 Å². The van der Waals surface area contributed by atoms with Gasteiger partial charge in [-0.2, -0.15) is 4.98 Å². The van der Waals surface area contributed by atoms with Crippen molar-refractivity contribution in [3.8, 4) is 5.75 Å². The summed E-state index contributed by atoms with van der Waals surface area (Å²) >= 11 is 6.22. The van der Waals surface area contributed by atoms with Crippen LogP contribution in [0.15, 0.2) is 42.6 Å². The van der Waals surface area contributed by atoms with E-state index in [2.05, 4.69) is 61.7 Å². The number of benzene rings is 2. The standard InChI is InChI=1S/C24H29ClN6O/c1-16-13-20(25)22(32-4)14-21(16)28-23-17(2)15-26-24(29-23)27-18-5-7-19(8-6-18)31-11-9-30(3)10-12-31/h5-8,13-15H,9-12H2,1-4H3,(H2,26,27,28,29). The Morgan fingerprint density at radius 1 is 0.969 bits per heavy atom. The van der Waals surface area contributed by atoms with Gasteiger partial charge in [-0.15, -0.1) is 0 Å². The number of nitrogens with zero attached hydrogens (tertiary/aromatic N) is 4. The number of ether oxygens (including phenoxy) is 1. The Labute approximate surface area is 194 Å². The molecule has 2 N–H and O–H groups in total. The van der Waals surface area contributed by atoms with Crippen LogP contribution in [-0.2, 0) is 0 Å². The summed E-state index contributed by atoms with van der Waals surface area (Å²) in [4.78, 5) is 13.9. The summed E-state index contributed by atoms with van der Waals surface area (Å²) in [7, 11) is 3.77. The van der Waals surface area contributed by atoms with Crippen LogP contribution in [0.5, 0.6) is 5.75 Å². The zero-order valence-electron chi connectivity index (χ0n) is 18.9. The first-order valence-corrected chi connectivity index (χ1v) is 11.1. The van der Waals surface area contributed by atoms with Gasteiger partial charge in [0.2, 0.25) is 5.95 Å². The van der Waals surface area contributed by atoms with E-state index in [9.17, 15) is 0 Å². The lowest BCUT2D eigenvalue weighted by Gasteiger charge is -2.34. The van der Waals surface area contributed by atoms with Gasteiger partial charge in [-0.3, -0.25) is 0 Å². The molecule has 1 aliphatic heterocycles. The van der Waals surface area contributed by atoms with Crippen LogP contribution in [0.3, 0.4) is 0 Å². The molecule has 0 aliphatic carbocycles. The van der Waals surface area contributed by atoms with Crippen molar-refractivity contribution in [1.82, 2.24) is 14.9 Å². The maximum absolute atomic E-state index is 6.22. The number of aryl methyl sites for hydroxylation is 2. The molecule has 168 valence electrons. The van der Waals surface area contributed by atoms with E-state index < -0.39 is 0 Å². The maximum Gasteiger partial charge on any atom is 0.229 e. The third-order valence-electron chi connectivity index (χ3n) is 5.72. The number of anilines is 5. The van der Waals surface area contributed by atoms with Gasteiger partial charge in [0.05, 0.1) is 12.1 Å². The van der Waals surface area contributed by atoms with E-state index in [0.717, 1.165) is 54.5 Å². The van der Waals surface area contributed by atoms with Gasteiger partial charge in [0.25, 0.3) is 0 Å². The summed E-state index contributed by atoms with van der Waals surface area (Å²) in [6.07, 6.45) is 1.80. The highest BCUT2D eigenvalue weighted by Gasteiger charge is 2.14. The average Bonchev–Trinajstić information content (AvgIpc) is 2.79. The summed E-state index contributed by atoms with van der Waals surface area (Å²) in [6.45, 7) is 8.24. The quantitative estimate of drug-likeness (QED) is 0.545. The molecule has 3 aromatic rings. The van der Waals surface area contributed by atoms with Gasteiger partial charge >= 0.3 is 0 Å². The molecular weight excluding hydrogens is 424 g/mol. The van der Waals surface area contributed by atoms with Gasteiger partial charge in [-0.1, -0.05) is 11.6 Å². The number of piperazine rings is 1. The van der Waals surface area contributed by atoms with Crippen molar-refractivity contribution in [2.45, 2.75) is 13.8 Å². The topological polar surface area (TPSA) is 65.6 Å². The minimum absolute atomic E-state index is 0.532. The monoisotopic (exact) mass is 452 g/mol. The SMILES string of the molecule is COc1cc(Nc2nc(Nc3ccc(N4CCN(C)CC4)cc3)ncc2C)c(C)cc1Cl. The van der Waals surface area contributed by atoms with Gasteiger partial charge in [-0.05, 0) is 56.8 Å². The molecule has 1 aromatic heterocycles. The summed E-state index contributed by atoms with van der Waals surface area (Å²) in [5.74, 6) is 1.87. The predicted molar refractivity (Wildman–Crippen MR) is 132 cm³/mol. The largest absolute Gasteiger partial charge is 0.495 e. The van der Waals surface area contributed by atoms with E-state index >= 15 is 0 Å². The molecule has 1 fully saturated rings. The van der Waals surface area contributed by atoms with Gasteiger partial charge in [0.1, 0.15) is 11.6 Å². The summed E-state index contributed by atoms with van der Waals surface area (Å²) in [6, 6.07) is 12.2. The molecule has 0 radical (unpaired) electrons.